The normalized spacial score (nSPS) is 14.6. The summed E-state index contributed by atoms with van der Waals surface area (Å²) in [6, 6.07) is 7.58. The number of carboxylic acids is 1. The van der Waals surface area contributed by atoms with Crippen LogP contribution in [0.2, 0.25) is 0 Å². The maximum absolute atomic E-state index is 12.4. The van der Waals surface area contributed by atoms with Gasteiger partial charge in [-0.15, -0.1) is 11.3 Å². The summed E-state index contributed by atoms with van der Waals surface area (Å²) in [6.07, 6.45) is 0. The number of imide groups is 1. The van der Waals surface area contributed by atoms with E-state index in [0.29, 0.717) is 22.5 Å². The first-order valence-corrected chi connectivity index (χ1v) is 10.9. The minimum atomic E-state index is -3.92. The van der Waals surface area contributed by atoms with Gasteiger partial charge in [0.25, 0.3) is 15.3 Å². The fraction of sp³-hybridized carbons (Fsp3) is 0.188. The molecule has 0 unspecified atom stereocenters. The van der Waals surface area contributed by atoms with Crippen LogP contribution in [0.15, 0.2) is 34.5 Å². The number of amides is 2. The molecule has 0 bridgehead atoms. The van der Waals surface area contributed by atoms with Gasteiger partial charge in [-0.1, -0.05) is 23.9 Å². The Morgan fingerprint density at radius 3 is 2.44 bits per heavy atom. The number of anilines is 1. The second kappa shape index (κ2) is 7.33. The van der Waals surface area contributed by atoms with Crippen molar-refractivity contribution in [3.8, 4) is 0 Å². The lowest BCUT2D eigenvalue weighted by Crippen LogP contribution is -2.27. The van der Waals surface area contributed by atoms with Crippen LogP contribution in [0.1, 0.15) is 20.8 Å². The van der Waals surface area contributed by atoms with Gasteiger partial charge in [-0.05, 0) is 36.2 Å². The van der Waals surface area contributed by atoms with E-state index >= 15 is 0 Å². The molecule has 11 heteroatoms. The standard InChI is InChI=1S/C16H14N2O6S3/c1-9-6-13(26-14(9)15(20)21)27(23,24)17-11-4-2-10(3-5-11)7-18-12(19)8-25-16(18)22/h2-6,17H,7-8H2,1H3,(H,20,21). The molecule has 142 valence electrons. The van der Waals surface area contributed by atoms with Crippen molar-refractivity contribution >= 4 is 55.9 Å². The molecule has 8 nitrogen and oxygen atoms in total. The van der Waals surface area contributed by atoms with Crippen LogP contribution in [0.3, 0.4) is 0 Å². The third-order valence-electron chi connectivity index (χ3n) is 3.74. The van der Waals surface area contributed by atoms with Crippen molar-refractivity contribution in [3.63, 3.8) is 0 Å². The summed E-state index contributed by atoms with van der Waals surface area (Å²) in [7, 11) is -3.92. The molecule has 2 heterocycles. The number of hydrogen-bond donors (Lipinski definition) is 2. The fourth-order valence-electron chi connectivity index (χ4n) is 2.40. The Kier molecular flexibility index (Phi) is 5.27. The van der Waals surface area contributed by atoms with Crippen LogP contribution in [-0.2, 0) is 21.4 Å². The summed E-state index contributed by atoms with van der Waals surface area (Å²) < 4.78 is 27.2. The first-order valence-electron chi connectivity index (χ1n) is 7.60. The molecule has 0 spiro atoms. The number of thioether (sulfide) groups is 1. The van der Waals surface area contributed by atoms with E-state index in [1.807, 2.05) is 0 Å². The third kappa shape index (κ3) is 4.15. The van der Waals surface area contributed by atoms with E-state index < -0.39 is 16.0 Å². The number of hydrogen-bond acceptors (Lipinski definition) is 7. The number of aromatic carboxylic acids is 1. The van der Waals surface area contributed by atoms with Gasteiger partial charge in [0.15, 0.2) is 0 Å². The molecule has 2 N–H and O–H groups in total. The molecule has 1 aromatic carbocycles. The summed E-state index contributed by atoms with van der Waals surface area (Å²) >= 11 is 1.64. The third-order valence-corrected chi connectivity index (χ3v) is 7.68. The summed E-state index contributed by atoms with van der Waals surface area (Å²) in [5.41, 5.74) is 1.35. The fourth-order valence-corrected chi connectivity index (χ4v) is 5.56. The zero-order chi connectivity index (χ0) is 19.8. The molecule has 2 aromatic rings. The number of thiophene rings is 1. The van der Waals surface area contributed by atoms with Gasteiger partial charge in [-0.3, -0.25) is 19.2 Å². The number of nitrogens with zero attached hydrogens (tertiary/aromatic N) is 1. The maximum atomic E-state index is 12.4. The summed E-state index contributed by atoms with van der Waals surface area (Å²) in [6.45, 7) is 1.66. The largest absolute Gasteiger partial charge is 0.477 e. The van der Waals surface area contributed by atoms with Crippen molar-refractivity contribution in [1.29, 1.82) is 0 Å². The number of sulfonamides is 1. The molecule has 0 atom stereocenters. The summed E-state index contributed by atoms with van der Waals surface area (Å²) in [4.78, 5) is 35.5. The van der Waals surface area contributed by atoms with E-state index in [0.717, 1.165) is 16.7 Å². The van der Waals surface area contributed by atoms with Crippen molar-refractivity contribution in [2.45, 2.75) is 17.7 Å². The zero-order valence-electron chi connectivity index (χ0n) is 14.0. The van der Waals surface area contributed by atoms with E-state index in [9.17, 15) is 22.8 Å². The number of nitrogens with one attached hydrogen (secondary N) is 1. The number of benzene rings is 1. The van der Waals surface area contributed by atoms with Crippen molar-refractivity contribution in [2.24, 2.45) is 0 Å². The monoisotopic (exact) mass is 426 g/mol. The number of carbonyl (C=O) groups excluding carboxylic acids is 2. The number of aryl methyl sites for hydroxylation is 1. The average Bonchev–Trinajstić information content (AvgIpc) is 3.14. The summed E-state index contributed by atoms with van der Waals surface area (Å²) in [5, 5.41) is 8.76. The van der Waals surface area contributed by atoms with Crippen LogP contribution in [0, 0.1) is 6.92 Å². The Morgan fingerprint density at radius 1 is 1.26 bits per heavy atom. The number of carbonyl (C=O) groups is 3. The predicted molar refractivity (Wildman–Crippen MR) is 102 cm³/mol. The molecule has 2 amide bonds. The molecular formula is C16H14N2O6S3. The van der Waals surface area contributed by atoms with Gasteiger partial charge in [0, 0.05) is 5.69 Å². The lowest BCUT2D eigenvalue weighted by atomic mass is 10.2. The maximum Gasteiger partial charge on any atom is 0.346 e. The smallest absolute Gasteiger partial charge is 0.346 e. The lowest BCUT2D eigenvalue weighted by Gasteiger charge is -2.13. The highest BCUT2D eigenvalue weighted by Crippen LogP contribution is 2.28. The Morgan fingerprint density at radius 2 is 1.93 bits per heavy atom. The van der Waals surface area contributed by atoms with Gasteiger partial charge in [-0.2, -0.15) is 0 Å². The van der Waals surface area contributed by atoms with E-state index in [1.165, 1.54) is 25.1 Å². The van der Waals surface area contributed by atoms with Gasteiger partial charge < -0.3 is 5.11 Å². The quantitative estimate of drug-likeness (QED) is 0.728. The Hall–Kier alpha value is -2.37. The van der Waals surface area contributed by atoms with Gasteiger partial charge >= 0.3 is 5.97 Å². The molecule has 1 aliphatic rings. The van der Waals surface area contributed by atoms with Gasteiger partial charge in [-0.25, -0.2) is 13.2 Å². The molecule has 1 fully saturated rings. The molecule has 0 saturated carbocycles. The van der Waals surface area contributed by atoms with Crippen molar-refractivity contribution in [1.82, 2.24) is 4.90 Å². The summed E-state index contributed by atoms with van der Waals surface area (Å²) in [5.74, 6) is -1.29. The number of rotatable bonds is 6. The number of carboxylic acid groups (broad SMARTS) is 1. The van der Waals surface area contributed by atoms with Crippen LogP contribution in [0.5, 0.6) is 0 Å². The first-order chi connectivity index (χ1) is 12.7. The zero-order valence-corrected chi connectivity index (χ0v) is 16.4. The first kappa shape index (κ1) is 19.4. The molecule has 1 aromatic heterocycles. The molecule has 3 rings (SSSR count). The molecule has 1 saturated heterocycles. The van der Waals surface area contributed by atoms with Gasteiger partial charge in [0.2, 0.25) is 5.91 Å². The van der Waals surface area contributed by atoms with E-state index in [-0.39, 0.29) is 38.2 Å². The van der Waals surface area contributed by atoms with Crippen molar-refractivity contribution in [3.05, 3.63) is 46.3 Å². The van der Waals surface area contributed by atoms with Crippen LogP contribution >= 0.6 is 23.1 Å². The van der Waals surface area contributed by atoms with Crippen LogP contribution < -0.4 is 4.72 Å². The topological polar surface area (TPSA) is 121 Å². The van der Waals surface area contributed by atoms with Gasteiger partial charge in [0.1, 0.15) is 9.09 Å². The van der Waals surface area contributed by atoms with Crippen molar-refractivity contribution in [2.75, 3.05) is 10.5 Å². The lowest BCUT2D eigenvalue weighted by molar-refractivity contribution is -0.125. The van der Waals surface area contributed by atoms with Crippen molar-refractivity contribution < 1.29 is 27.9 Å². The van der Waals surface area contributed by atoms with Gasteiger partial charge in [0.05, 0.1) is 12.3 Å². The molecule has 1 aliphatic heterocycles. The van der Waals surface area contributed by atoms with E-state index in [4.69, 9.17) is 5.11 Å². The molecular weight excluding hydrogens is 412 g/mol. The highest BCUT2D eigenvalue weighted by atomic mass is 32.2. The van der Waals surface area contributed by atoms with Crippen LogP contribution in [-0.4, -0.2) is 41.3 Å². The van der Waals surface area contributed by atoms with E-state index in [1.54, 1.807) is 12.1 Å². The minimum absolute atomic E-state index is 0.0245. The Balaban J connectivity index is 1.74. The van der Waals surface area contributed by atoms with Crippen LogP contribution in [0.4, 0.5) is 10.5 Å². The minimum Gasteiger partial charge on any atom is -0.477 e. The second-order valence-electron chi connectivity index (χ2n) is 5.72. The Labute approximate surface area is 163 Å². The molecule has 0 aliphatic carbocycles. The van der Waals surface area contributed by atoms with E-state index in [2.05, 4.69) is 4.72 Å². The molecule has 27 heavy (non-hydrogen) atoms. The SMILES string of the molecule is Cc1cc(S(=O)(=O)Nc2ccc(CN3C(=O)CSC3=O)cc2)sc1C(=O)O. The highest BCUT2D eigenvalue weighted by molar-refractivity contribution is 8.14. The molecule has 0 radical (unpaired) electrons. The average molecular weight is 426 g/mol. The Bertz CT molecular complexity index is 1010. The van der Waals surface area contributed by atoms with Crippen LogP contribution in [0.25, 0.3) is 0 Å². The second-order valence-corrected chi connectivity index (χ2v) is 9.61. The predicted octanol–water partition coefficient (Wildman–Crippen LogP) is 2.75. The highest BCUT2D eigenvalue weighted by Gasteiger charge is 2.29.